The Bertz CT molecular complexity index is 239. The van der Waals surface area contributed by atoms with Gasteiger partial charge in [-0.25, -0.2) is 4.98 Å². The molecule has 1 aromatic rings. The van der Waals surface area contributed by atoms with Gasteiger partial charge in [0, 0.05) is 18.7 Å². The van der Waals surface area contributed by atoms with Crippen molar-refractivity contribution in [3.8, 4) is 0 Å². The third kappa shape index (κ3) is 1.17. The van der Waals surface area contributed by atoms with Crippen LogP contribution < -0.4 is 0 Å². The molecule has 2 rings (SSSR count). The number of thiazole rings is 1. The molecule has 1 heterocycles. The number of hydrogen-bond acceptors (Lipinski definition) is 3. The SMILES string of the molecule is COC1(c2nccs2)CCCC1. The molecule has 1 aliphatic rings. The first-order valence-corrected chi connectivity index (χ1v) is 5.20. The Morgan fingerprint density at radius 1 is 1.50 bits per heavy atom. The summed E-state index contributed by atoms with van der Waals surface area (Å²) in [4.78, 5) is 4.33. The Balaban J connectivity index is 2.28. The van der Waals surface area contributed by atoms with Crippen molar-refractivity contribution in [2.75, 3.05) is 7.11 Å². The fourth-order valence-corrected chi connectivity index (χ4v) is 2.77. The van der Waals surface area contributed by atoms with Crippen molar-refractivity contribution in [1.29, 1.82) is 0 Å². The van der Waals surface area contributed by atoms with E-state index in [1.807, 2.05) is 11.6 Å². The Labute approximate surface area is 76.6 Å². The largest absolute Gasteiger partial charge is 0.371 e. The van der Waals surface area contributed by atoms with Crippen LogP contribution in [0.3, 0.4) is 0 Å². The molecule has 0 radical (unpaired) electrons. The second-order valence-corrected chi connectivity index (χ2v) is 4.14. The van der Waals surface area contributed by atoms with Crippen LogP contribution in [0.25, 0.3) is 0 Å². The molecular weight excluding hydrogens is 170 g/mol. The molecule has 12 heavy (non-hydrogen) atoms. The normalized spacial score (nSPS) is 21.4. The summed E-state index contributed by atoms with van der Waals surface area (Å²) in [5.74, 6) is 0. The molecule has 0 atom stereocenters. The van der Waals surface area contributed by atoms with Crippen molar-refractivity contribution in [2.24, 2.45) is 0 Å². The number of hydrogen-bond donors (Lipinski definition) is 0. The van der Waals surface area contributed by atoms with Crippen LogP contribution in [0.5, 0.6) is 0 Å². The zero-order chi connectivity index (χ0) is 8.44. The van der Waals surface area contributed by atoms with Crippen molar-refractivity contribution in [3.05, 3.63) is 16.6 Å². The van der Waals surface area contributed by atoms with Crippen molar-refractivity contribution < 1.29 is 4.74 Å². The van der Waals surface area contributed by atoms with Gasteiger partial charge in [-0.15, -0.1) is 11.3 Å². The van der Waals surface area contributed by atoms with Gasteiger partial charge in [-0.3, -0.25) is 0 Å². The first-order chi connectivity index (χ1) is 5.87. The Morgan fingerprint density at radius 2 is 2.25 bits per heavy atom. The van der Waals surface area contributed by atoms with E-state index < -0.39 is 0 Å². The van der Waals surface area contributed by atoms with Crippen LogP contribution in [0.2, 0.25) is 0 Å². The maximum Gasteiger partial charge on any atom is 0.125 e. The Hall–Kier alpha value is -0.410. The lowest BCUT2D eigenvalue weighted by Gasteiger charge is -2.24. The highest BCUT2D eigenvalue weighted by atomic mass is 32.1. The molecule has 66 valence electrons. The molecular formula is C9H13NOS. The lowest BCUT2D eigenvalue weighted by molar-refractivity contribution is -0.00885. The second-order valence-electron chi connectivity index (χ2n) is 3.24. The van der Waals surface area contributed by atoms with Gasteiger partial charge in [-0.2, -0.15) is 0 Å². The number of rotatable bonds is 2. The summed E-state index contributed by atoms with van der Waals surface area (Å²) >= 11 is 1.71. The van der Waals surface area contributed by atoms with Gasteiger partial charge >= 0.3 is 0 Å². The van der Waals surface area contributed by atoms with E-state index in [0.717, 1.165) is 17.8 Å². The predicted molar refractivity (Wildman–Crippen MR) is 49.3 cm³/mol. The van der Waals surface area contributed by atoms with Crippen molar-refractivity contribution in [3.63, 3.8) is 0 Å². The van der Waals surface area contributed by atoms with Crippen molar-refractivity contribution >= 4 is 11.3 Å². The number of methoxy groups -OCH3 is 1. The van der Waals surface area contributed by atoms with Gasteiger partial charge in [0.25, 0.3) is 0 Å². The maximum atomic E-state index is 5.59. The number of nitrogens with zero attached hydrogens (tertiary/aromatic N) is 1. The van der Waals surface area contributed by atoms with Gasteiger partial charge in [0.15, 0.2) is 0 Å². The molecule has 0 N–H and O–H groups in total. The van der Waals surface area contributed by atoms with Crippen LogP contribution in [0.1, 0.15) is 30.7 Å². The molecule has 2 nitrogen and oxygen atoms in total. The van der Waals surface area contributed by atoms with E-state index in [9.17, 15) is 0 Å². The third-order valence-electron chi connectivity index (χ3n) is 2.62. The number of aromatic nitrogens is 1. The molecule has 1 saturated carbocycles. The minimum atomic E-state index is -0.0336. The van der Waals surface area contributed by atoms with Crippen LogP contribution in [0.15, 0.2) is 11.6 Å². The molecule has 0 spiro atoms. The van der Waals surface area contributed by atoms with Gasteiger partial charge in [-0.1, -0.05) is 12.8 Å². The molecule has 0 amide bonds. The van der Waals surface area contributed by atoms with Crippen LogP contribution in [-0.2, 0) is 10.3 Å². The molecule has 1 fully saturated rings. The topological polar surface area (TPSA) is 22.1 Å². The minimum absolute atomic E-state index is 0.0336. The van der Waals surface area contributed by atoms with Gasteiger partial charge < -0.3 is 4.74 Å². The molecule has 0 unspecified atom stereocenters. The highest BCUT2D eigenvalue weighted by Gasteiger charge is 2.37. The smallest absolute Gasteiger partial charge is 0.125 e. The van der Waals surface area contributed by atoms with E-state index in [0.29, 0.717) is 0 Å². The Kier molecular flexibility index (Phi) is 2.15. The van der Waals surface area contributed by atoms with Gasteiger partial charge in [0.2, 0.25) is 0 Å². The van der Waals surface area contributed by atoms with E-state index in [2.05, 4.69) is 4.98 Å². The molecule has 0 saturated heterocycles. The summed E-state index contributed by atoms with van der Waals surface area (Å²) in [6.07, 6.45) is 6.67. The summed E-state index contributed by atoms with van der Waals surface area (Å²) in [5.41, 5.74) is -0.0336. The molecule has 3 heteroatoms. The van der Waals surface area contributed by atoms with Crippen molar-refractivity contribution in [1.82, 2.24) is 4.98 Å². The van der Waals surface area contributed by atoms with Gasteiger partial charge in [0.1, 0.15) is 10.6 Å². The maximum absolute atomic E-state index is 5.59. The molecule has 0 aromatic carbocycles. The second kappa shape index (κ2) is 3.15. The fourth-order valence-electron chi connectivity index (χ4n) is 1.90. The first-order valence-electron chi connectivity index (χ1n) is 4.32. The standard InChI is InChI=1S/C9H13NOS/c1-11-9(4-2-3-5-9)8-10-6-7-12-8/h6-7H,2-5H2,1H3. The minimum Gasteiger partial charge on any atom is -0.371 e. The zero-order valence-corrected chi connectivity index (χ0v) is 8.06. The van der Waals surface area contributed by atoms with E-state index in [1.165, 1.54) is 12.8 Å². The van der Waals surface area contributed by atoms with Crippen LogP contribution >= 0.6 is 11.3 Å². The molecule has 1 aromatic heterocycles. The lowest BCUT2D eigenvalue weighted by Crippen LogP contribution is -2.23. The van der Waals surface area contributed by atoms with Gasteiger partial charge in [-0.05, 0) is 12.8 Å². The summed E-state index contributed by atoms with van der Waals surface area (Å²) in [6.45, 7) is 0. The van der Waals surface area contributed by atoms with E-state index in [-0.39, 0.29) is 5.60 Å². The average Bonchev–Trinajstić information content (AvgIpc) is 2.76. The van der Waals surface area contributed by atoms with Crippen LogP contribution in [-0.4, -0.2) is 12.1 Å². The zero-order valence-electron chi connectivity index (χ0n) is 7.25. The molecule has 0 bridgehead atoms. The summed E-state index contributed by atoms with van der Waals surface area (Å²) in [6, 6.07) is 0. The van der Waals surface area contributed by atoms with Crippen molar-refractivity contribution in [2.45, 2.75) is 31.3 Å². The fraction of sp³-hybridized carbons (Fsp3) is 0.667. The quantitative estimate of drug-likeness (QED) is 0.703. The number of ether oxygens (including phenoxy) is 1. The summed E-state index contributed by atoms with van der Waals surface area (Å²) < 4.78 is 5.59. The summed E-state index contributed by atoms with van der Waals surface area (Å²) in [5, 5.41) is 3.18. The van der Waals surface area contributed by atoms with Crippen LogP contribution in [0, 0.1) is 0 Å². The highest BCUT2D eigenvalue weighted by molar-refractivity contribution is 7.09. The highest BCUT2D eigenvalue weighted by Crippen LogP contribution is 2.42. The monoisotopic (exact) mass is 183 g/mol. The average molecular weight is 183 g/mol. The lowest BCUT2D eigenvalue weighted by atomic mass is 10.0. The molecule has 0 aliphatic heterocycles. The summed E-state index contributed by atoms with van der Waals surface area (Å²) in [7, 11) is 1.80. The molecule has 1 aliphatic carbocycles. The predicted octanol–water partition coefficient (Wildman–Crippen LogP) is 2.56. The van der Waals surface area contributed by atoms with E-state index >= 15 is 0 Å². The first kappa shape index (κ1) is 8.20. The van der Waals surface area contributed by atoms with E-state index in [4.69, 9.17) is 4.74 Å². The van der Waals surface area contributed by atoms with Gasteiger partial charge in [0.05, 0.1) is 0 Å². The van der Waals surface area contributed by atoms with E-state index in [1.54, 1.807) is 18.4 Å². The van der Waals surface area contributed by atoms with Crippen LogP contribution in [0.4, 0.5) is 0 Å². The third-order valence-corrected chi connectivity index (χ3v) is 3.58. The Morgan fingerprint density at radius 3 is 2.75 bits per heavy atom.